The Morgan fingerprint density at radius 1 is 0.195 bits per heavy atom. The van der Waals surface area contributed by atoms with Crippen LogP contribution in [0.2, 0.25) is 0 Å². The maximum absolute atomic E-state index is 5.45. The van der Waals surface area contributed by atoms with Gasteiger partial charge in [-0.2, -0.15) is 0 Å². The lowest BCUT2D eigenvalue weighted by Crippen LogP contribution is -2.16. The van der Waals surface area contributed by atoms with Gasteiger partial charge in [0.1, 0.15) is 0 Å². The first kappa shape index (κ1) is 86.0. The highest BCUT2D eigenvalue weighted by Crippen LogP contribution is 2.54. The van der Waals surface area contributed by atoms with Crippen molar-refractivity contribution >= 4 is 232 Å². The number of benzene rings is 21. The highest BCUT2D eigenvalue weighted by molar-refractivity contribution is 7.27. The monoisotopic (exact) mass is 1950 g/mol. The first-order valence-corrected chi connectivity index (χ1v) is 53.3. The summed E-state index contributed by atoms with van der Waals surface area (Å²) in [6.45, 7) is 4.70. The van der Waals surface area contributed by atoms with Crippen LogP contribution in [0, 0.1) is 0 Å². The number of para-hydroxylation sites is 10. The zero-order valence-corrected chi connectivity index (χ0v) is 83.6. The van der Waals surface area contributed by atoms with Crippen LogP contribution in [-0.2, 0) is 5.41 Å². The van der Waals surface area contributed by atoms with Gasteiger partial charge in [0.15, 0.2) is 0 Å². The second kappa shape index (κ2) is 34.4. The average molecular weight is 1950 g/mol. The summed E-state index contributed by atoms with van der Waals surface area (Å²) in [4.78, 5) is 18.5. The summed E-state index contributed by atoms with van der Waals surface area (Å²) in [6, 6.07) is 180. The lowest BCUT2D eigenvalue weighted by molar-refractivity contribution is 0.660. The molecule has 0 fully saturated rings. The van der Waals surface area contributed by atoms with Crippen LogP contribution in [0.5, 0.6) is 0 Å². The van der Waals surface area contributed by atoms with Crippen LogP contribution < -0.4 is 4.90 Å². The third-order valence-electron chi connectivity index (χ3n) is 30.8. The van der Waals surface area contributed by atoms with Gasteiger partial charge in [0.2, 0.25) is 0 Å². The fourth-order valence-corrected chi connectivity index (χ4v) is 27.8. The standard InChI is InChI=1S/C48H34N2S.2C45H27N3S/c1-48(2)41-20-9-6-17-37(41)38-28-27-36(30-42(38)48)50(34-25-23-32(24-26-34)31-13-4-3-5-14-31)35-16-12-15-33(29-35)46-47-45(39-18-7-10-21-43(39)49-46)40-19-8-11-22-44(40)51-47;1-7-19-37-35(17-1)43-36-18-6-12-24-42(36)49-45(43)44(46-37)28-25-29(47-38-20-8-2-13-31(38)32-14-3-9-21-39(32)47)27-30(26-28)48-40-22-10-4-15-33(40)34-16-5-11-23-41(34)48;1-6-19-37-34(17-1)43-35-18-5-10-23-42(35)49-45(43)44(46-37)28-12-11-13-29(26-28)47-40-22-9-4-16-33(40)36-27-30(24-25-41(36)47)48-38-20-7-2-14-31(38)32-15-3-8-21-39(32)48/h3-30H,1-2H3;2*1-27H. The van der Waals surface area contributed by atoms with Gasteiger partial charge in [0.05, 0.1) is 91.9 Å². The number of hydrogen-bond acceptors (Lipinski definition) is 7. The molecule has 1 aliphatic carbocycles. The summed E-state index contributed by atoms with van der Waals surface area (Å²) in [5, 5.41) is 21.3. The maximum Gasteiger partial charge on any atom is 0.0889 e. The molecule has 0 saturated carbocycles. The van der Waals surface area contributed by atoms with Crippen LogP contribution in [0.1, 0.15) is 25.0 Å². The molecule has 31 aromatic rings. The third kappa shape index (κ3) is 13.7. The number of aromatic nitrogens is 7. The first-order valence-electron chi connectivity index (χ1n) is 50.8. The Bertz CT molecular complexity index is 10700. The second-order valence-corrected chi connectivity index (χ2v) is 42.6. The Labute approximate surface area is 869 Å². The lowest BCUT2D eigenvalue weighted by atomic mass is 9.82. The third-order valence-corrected chi connectivity index (χ3v) is 34.3. The van der Waals surface area contributed by atoms with Crippen molar-refractivity contribution in [3.8, 4) is 78.8 Å². The molecular weight excluding hydrogens is 1870 g/mol. The number of hydrogen-bond donors (Lipinski definition) is 0. The summed E-state index contributed by atoms with van der Waals surface area (Å²) in [5.41, 5.74) is 34.5. The van der Waals surface area contributed by atoms with Gasteiger partial charge in [-0.25, -0.2) is 15.0 Å². The van der Waals surface area contributed by atoms with E-state index in [2.05, 4.69) is 534 Å². The van der Waals surface area contributed by atoms with Crippen LogP contribution in [-0.4, -0.2) is 33.2 Å². The van der Waals surface area contributed by atoms with Crippen LogP contribution >= 0.6 is 34.0 Å². The fraction of sp³-hybridized carbons (Fsp3) is 0.0217. The molecule has 0 radical (unpaired) electrons. The smallest absolute Gasteiger partial charge is 0.0889 e. The van der Waals surface area contributed by atoms with E-state index in [1.54, 1.807) is 0 Å². The molecule has 698 valence electrons. The minimum atomic E-state index is -0.103. The number of fused-ring (bicyclic) bond motifs is 30. The van der Waals surface area contributed by atoms with E-state index in [-0.39, 0.29) is 5.41 Å². The van der Waals surface area contributed by atoms with E-state index in [1.165, 1.54) is 197 Å². The quantitative estimate of drug-likeness (QED) is 0.129. The van der Waals surface area contributed by atoms with Gasteiger partial charge in [0.25, 0.3) is 0 Å². The minimum Gasteiger partial charge on any atom is -0.310 e. The summed E-state index contributed by atoms with van der Waals surface area (Å²) < 4.78 is 17.2. The molecule has 32 rings (SSSR count). The van der Waals surface area contributed by atoms with Crippen LogP contribution in [0.4, 0.5) is 17.1 Å². The van der Waals surface area contributed by atoms with Crippen molar-refractivity contribution in [2.45, 2.75) is 19.3 Å². The molecule has 0 unspecified atom stereocenters. The number of thiophene rings is 3. The molecule has 10 aromatic heterocycles. The van der Waals surface area contributed by atoms with Crippen molar-refractivity contribution in [2.75, 3.05) is 4.90 Å². The zero-order chi connectivity index (χ0) is 98.2. The van der Waals surface area contributed by atoms with Gasteiger partial charge in [-0.3, -0.25) is 0 Å². The second-order valence-electron chi connectivity index (χ2n) is 39.5. The zero-order valence-electron chi connectivity index (χ0n) is 81.1. The molecule has 0 bridgehead atoms. The summed E-state index contributed by atoms with van der Waals surface area (Å²) in [6.07, 6.45) is 0. The number of anilines is 3. The Hall–Kier alpha value is -18.5. The number of nitrogens with zero attached hydrogens (tertiary/aromatic N) is 8. The van der Waals surface area contributed by atoms with Crippen LogP contribution in [0.25, 0.3) is 259 Å². The first-order chi connectivity index (χ1) is 73.7. The van der Waals surface area contributed by atoms with E-state index in [9.17, 15) is 0 Å². The van der Waals surface area contributed by atoms with Crippen LogP contribution in [0.3, 0.4) is 0 Å². The summed E-state index contributed by atoms with van der Waals surface area (Å²) in [7, 11) is 0. The molecule has 8 nitrogen and oxygen atoms in total. The largest absolute Gasteiger partial charge is 0.310 e. The van der Waals surface area contributed by atoms with E-state index in [1.807, 2.05) is 34.0 Å². The van der Waals surface area contributed by atoms with Gasteiger partial charge >= 0.3 is 0 Å². The molecule has 11 heteroatoms. The Balaban J connectivity index is 0.000000103. The number of rotatable bonds is 11. The molecule has 0 saturated heterocycles. The maximum atomic E-state index is 5.45. The molecule has 0 N–H and O–H groups in total. The van der Waals surface area contributed by atoms with E-state index in [4.69, 9.17) is 15.0 Å². The van der Waals surface area contributed by atoms with Gasteiger partial charge in [-0.1, -0.05) is 347 Å². The lowest BCUT2D eigenvalue weighted by Gasteiger charge is -2.28. The van der Waals surface area contributed by atoms with E-state index >= 15 is 0 Å². The highest BCUT2D eigenvalue weighted by atomic mass is 32.1. The molecule has 149 heavy (non-hydrogen) atoms. The normalized spacial score (nSPS) is 12.4. The molecule has 0 amide bonds. The highest BCUT2D eigenvalue weighted by Gasteiger charge is 2.37. The van der Waals surface area contributed by atoms with Gasteiger partial charge < -0.3 is 23.2 Å². The molecule has 0 spiro atoms. The van der Waals surface area contributed by atoms with E-state index in [0.29, 0.717) is 0 Å². The van der Waals surface area contributed by atoms with Crippen molar-refractivity contribution in [3.63, 3.8) is 0 Å². The van der Waals surface area contributed by atoms with E-state index < -0.39 is 0 Å². The fourth-order valence-electron chi connectivity index (χ4n) is 24.2. The molecular formula is C138H88N8S3. The molecule has 1 aliphatic rings. The molecule has 0 aliphatic heterocycles. The molecule has 10 heterocycles. The predicted octanol–water partition coefficient (Wildman–Crippen LogP) is 38.6. The van der Waals surface area contributed by atoms with Crippen molar-refractivity contribution < 1.29 is 0 Å². The van der Waals surface area contributed by atoms with Crippen molar-refractivity contribution in [2.24, 2.45) is 0 Å². The van der Waals surface area contributed by atoms with E-state index in [0.717, 1.165) is 90.1 Å². The van der Waals surface area contributed by atoms with Crippen molar-refractivity contribution in [1.29, 1.82) is 0 Å². The topological polar surface area (TPSA) is 61.6 Å². The number of pyridine rings is 3. The molecule has 21 aromatic carbocycles. The Kier molecular flexibility index (Phi) is 19.8. The van der Waals surface area contributed by atoms with Crippen molar-refractivity contribution in [1.82, 2.24) is 33.2 Å². The Morgan fingerprint density at radius 3 is 0.966 bits per heavy atom. The summed E-state index contributed by atoms with van der Waals surface area (Å²) in [5.74, 6) is 0. The summed E-state index contributed by atoms with van der Waals surface area (Å²) >= 11 is 5.51. The average Bonchev–Trinajstić information content (AvgIpc) is 1.59. The predicted molar refractivity (Wildman–Crippen MR) is 635 cm³/mol. The van der Waals surface area contributed by atoms with Gasteiger partial charge in [0, 0.05) is 168 Å². The SMILES string of the molecule is CC1(C)c2ccccc2-c2ccc(N(c3ccc(-c4ccccc4)cc3)c3cccc(-c4nc5ccccc5c5c4sc4ccccc45)c3)cc21.c1cc(-c2nc3ccccc3c3c2sc2ccccc23)cc(-n2c3ccccc3c3cc(-n4c5ccccc5c5ccccc54)ccc32)c1.c1ccc2c(c1)nc(-c1cc(-n3c4ccccc4c4ccccc43)cc(-n3c4ccccc4c4ccccc43)c1)c1sc3ccccc3c12. The van der Waals surface area contributed by atoms with Crippen LogP contribution in [0.15, 0.2) is 497 Å². The van der Waals surface area contributed by atoms with Gasteiger partial charge in [-0.05, 0) is 197 Å². The van der Waals surface area contributed by atoms with Gasteiger partial charge in [-0.15, -0.1) is 34.0 Å². The Morgan fingerprint density at radius 2 is 0.510 bits per heavy atom. The molecule has 0 atom stereocenters. The van der Waals surface area contributed by atoms with Crippen molar-refractivity contribution in [3.05, 3.63) is 509 Å². The minimum absolute atomic E-state index is 0.103.